The summed E-state index contributed by atoms with van der Waals surface area (Å²) in [5.41, 5.74) is 4.09. The molecular formula is C25H30N2. The number of benzene rings is 3. The number of aryl methyl sites for hydroxylation is 1. The van der Waals surface area contributed by atoms with Crippen molar-refractivity contribution in [3.63, 3.8) is 0 Å². The largest absolute Gasteiger partial charge is 0.366 e. The van der Waals surface area contributed by atoms with Crippen LogP contribution in [0.25, 0.3) is 10.8 Å². The summed E-state index contributed by atoms with van der Waals surface area (Å²) in [5.74, 6) is 0. The van der Waals surface area contributed by atoms with Crippen LogP contribution in [0.1, 0.15) is 37.9 Å². The maximum absolute atomic E-state index is 2.66. The Kier molecular flexibility index (Phi) is 4.92. The zero-order valence-corrected chi connectivity index (χ0v) is 16.9. The Bertz CT molecular complexity index is 915. The molecule has 3 aromatic rings. The highest BCUT2D eigenvalue weighted by atomic mass is 15.3. The minimum atomic E-state index is 0.446. The van der Waals surface area contributed by atoms with E-state index in [9.17, 15) is 0 Å². The van der Waals surface area contributed by atoms with Gasteiger partial charge in [-0.3, -0.25) is 4.90 Å². The zero-order valence-electron chi connectivity index (χ0n) is 16.9. The van der Waals surface area contributed by atoms with Crippen molar-refractivity contribution in [1.29, 1.82) is 0 Å². The fourth-order valence-corrected chi connectivity index (χ4v) is 4.47. The smallest absolute Gasteiger partial charge is 0.0415 e. The average Bonchev–Trinajstić information content (AvgIpc) is 2.70. The molecule has 3 unspecified atom stereocenters. The van der Waals surface area contributed by atoms with Crippen LogP contribution in [0, 0.1) is 6.92 Å². The first-order valence-electron chi connectivity index (χ1n) is 10.1. The van der Waals surface area contributed by atoms with E-state index in [0.717, 1.165) is 13.1 Å². The van der Waals surface area contributed by atoms with Gasteiger partial charge in [0, 0.05) is 36.9 Å². The van der Waals surface area contributed by atoms with Gasteiger partial charge in [-0.15, -0.1) is 0 Å². The molecule has 1 fully saturated rings. The van der Waals surface area contributed by atoms with Crippen molar-refractivity contribution in [1.82, 2.24) is 4.90 Å². The van der Waals surface area contributed by atoms with Gasteiger partial charge < -0.3 is 4.90 Å². The van der Waals surface area contributed by atoms with Gasteiger partial charge in [-0.05, 0) is 56.2 Å². The Balaban J connectivity index is 1.55. The lowest BCUT2D eigenvalue weighted by Crippen LogP contribution is -2.57. The van der Waals surface area contributed by atoms with E-state index in [1.165, 1.54) is 27.6 Å². The van der Waals surface area contributed by atoms with E-state index in [4.69, 9.17) is 0 Å². The molecule has 0 spiro atoms. The molecule has 0 aromatic heterocycles. The highest BCUT2D eigenvalue weighted by Crippen LogP contribution is 2.32. The van der Waals surface area contributed by atoms with Gasteiger partial charge in [-0.1, -0.05) is 60.2 Å². The molecule has 27 heavy (non-hydrogen) atoms. The van der Waals surface area contributed by atoms with E-state index in [1.54, 1.807) is 0 Å². The Labute approximate surface area is 163 Å². The molecule has 3 atom stereocenters. The highest BCUT2D eigenvalue weighted by molar-refractivity contribution is 5.85. The lowest BCUT2D eigenvalue weighted by molar-refractivity contribution is 0.113. The third-order valence-corrected chi connectivity index (χ3v) is 6.43. The van der Waals surface area contributed by atoms with Crippen LogP contribution in [0.15, 0.2) is 66.7 Å². The molecule has 2 heteroatoms. The molecule has 0 amide bonds. The number of anilines is 1. The molecular weight excluding hydrogens is 328 g/mol. The first kappa shape index (κ1) is 18.1. The SMILES string of the molecule is Cc1ccc(C(C)N2CCN(c3ccc4ccccc4c3)C(C)C2C)cc1. The van der Waals surface area contributed by atoms with Crippen molar-refractivity contribution >= 4 is 16.5 Å². The number of hydrogen-bond donors (Lipinski definition) is 0. The lowest BCUT2D eigenvalue weighted by Gasteiger charge is -2.48. The second kappa shape index (κ2) is 7.36. The van der Waals surface area contributed by atoms with Crippen LogP contribution in [0.5, 0.6) is 0 Å². The molecule has 1 heterocycles. The van der Waals surface area contributed by atoms with Gasteiger partial charge in [0.25, 0.3) is 0 Å². The Morgan fingerprint density at radius 1 is 0.815 bits per heavy atom. The minimum Gasteiger partial charge on any atom is -0.366 e. The van der Waals surface area contributed by atoms with E-state index >= 15 is 0 Å². The molecule has 0 bridgehead atoms. The van der Waals surface area contributed by atoms with Crippen molar-refractivity contribution in [2.45, 2.75) is 45.8 Å². The molecule has 0 saturated carbocycles. The lowest BCUT2D eigenvalue weighted by atomic mass is 9.97. The van der Waals surface area contributed by atoms with Crippen LogP contribution >= 0.6 is 0 Å². The van der Waals surface area contributed by atoms with Crippen LogP contribution in [-0.2, 0) is 0 Å². The first-order chi connectivity index (χ1) is 13.0. The summed E-state index contributed by atoms with van der Waals surface area (Å²) in [5, 5.41) is 2.64. The van der Waals surface area contributed by atoms with E-state index in [2.05, 4.69) is 104 Å². The third kappa shape index (κ3) is 3.46. The molecule has 4 rings (SSSR count). The van der Waals surface area contributed by atoms with Gasteiger partial charge in [0.15, 0.2) is 0 Å². The number of fused-ring (bicyclic) bond motifs is 1. The quantitative estimate of drug-likeness (QED) is 0.583. The average molecular weight is 359 g/mol. The molecule has 140 valence electrons. The van der Waals surface area contributed by atoms with E-state index in [-0.39, 0.29) is 0 Å². The fraction of sp³-hybridized carbons (Fsp3) is 0.360. The molecule has 1 aliphatic rings. The fourth-order valence-electron chi connectivity index (χ4n) is 4.47. The molecule has 1 aliphatic heterocycles. The topological polar surface area (TPSA) is 6.48 Å². The van der Waals surface area contributed by atoms with Gasteiger partial charge in [-0.2, -0.15) is 0 Å². The number of hydrogen-bond acceptors (Lipinski definition) is 2. The summed E-state index contributed by atoms with van der Waals surface area (Å²) in [6, 6.07) is 26.0. The summed E-state index contributed by atoms with van der Waals surface area (Å²) in [7, 11) is 0. The number of rotatable bonds is 3. The summed E-state index contributed by atoms with van der Waals surface area (Å²) >= 11 is 0. The zero-order chi connectivity index (χ0) is 19.0. The van der Waals surface area contributed by atoms with Crippen LogP contribution in [0.2, 0.25) is 0 Å². The first-order valence-corrected chi connectivity index (χ1v) is 10.1. The molecule has 0 aliphatic carbocycles. The van der Waals surface area contributed by atoms with Crippen LogP contribution in [0.3, 0.4) is 0 Å². The van der Waals surface area contributed by atoms with Crippen LogP contribution in [0.4, 0.5) is 5.69 Å². The maximum Gasteiger partial charge on any atom is 0.0415 e. The third-order valence-electron chi connectivity index (χ3n) is 6.43. The Morgan fingerprint density at radius 3 is 2.26 bits per heavy atom. The minimum absolute atomic E-state index is 0.446. The molecule has 0 N–H and O–H groups in total. The van der Waals surface area contributed by atoms with Gasteiger partial charge in [0.1, 0.15) is 0 Å². The predicted molar refractivity (Wildman–Crippen MR) is 117 cm³/mol. The van der Waals surface area contributed by atoms with Crippen molar-refractivity contribution < 1.29 is 0 Å². The molecule has 1 saturated heterocycles. The van der Waals surface area contributed by atoms with Gasteiger partial charge in [-0.25, -0.2) is 0 Å². The van der Waals surface area contributed by atoms with Gasteiger partial charge in [0.2, 0.25) is 0 Å². The van der Waals surface area contributed by atoms with Crippen molar-refractivity contribution in [2.24, 2.45) is 0 Å². The molecule has 3 aromatic carbocycles. The monoisotopic (exact) mass is 358 g/mol. The standard InChI is InChI=1S/C25H30N2/c1-18-9-11-22(12-10-18)21(4)26-15-16-27(20(3)19(26)2)25-14-13-23-7-5-6-8-24(23)17-25/h5-14,17,19-21H,15-16H2,1-4H3. The summed E-state index contributed by atoms with van der Waals surface area (Å²) < 4.78 is 0. The van der Waals surface area contributed by atoms with Crippen molar-refractivity contribution in [3.8, 4) is 0 Å². The van der Waals surface area contributed by atoms with E-state index < -0.39 is 0 Å². The maximum atomic E-state index is 2.66. The van der Waals surface area contributed by atoms with Gasteiger partial charge >= 0.3 is 0 Å². The van der Waals surface area contributed by atoms with Crippen molar-refractivity contribution in [3.05, 3.63) is 77.9 Å². The normalized spacial score (nSPS) is 22.1. The predicted octanol–water partition coefficient (Wildman–Crippen LogP) is 5.81. The second-order valence-corrected chi connectivity index (χ2v) is 8.03. The number of nitrogens with zero attached hydrogens (tertiary/aromatic N) is 2. The Hall–Kier alpha value is -2.32. The van der Waals surface area contributed by atoms with E-state index in [1.807, 2.05) is 0 Å². The molecule has 0 radical (unpaired) electrons. The summed E-state index contributed by atoms with van der Waals surface area (Å²) in [4.78, 5) is 5.24. The van der Waals surface area contributed by atoms with Gasteiger partial charge in [0.05, 0.1) is 0 Å². The highest BCUT2D eigenvalue weighted by Gasteiger charge is 2.33. The number of piperazine rings is 1. The molecule has 2 nitrogen and oxygen atoms in total. The van der Waals surface area contributed by atoms with Crippen LogP contribution in [-0.4, -0.2) is 30.1 Å². The van der Waals surface area contributed by atoms with E-state index in [0.29, 0.717) is 18.1 Å². The summed E-state index contributed by atoms with van der Waals surface area (Å²) in [6.45, 7) is 11.4. The summed E-state index contributed by atoms with van der Waals surface area (Å²) in [6.07, 6.45) is 0. The van der Waals surface area contributed by atoms with Crippen LogP contribution < -0.4 is 4.90 Å². The second-order valence-electron chi connectivity index (χ2n) is 8.03. The Morgan fingerprint density at radius 2 is 1.52 bits per heavy atom. The van der Waals surface area contributed by atoms with Crippen molar-refractivity contribution in [2.75, 3.05) is 18.0 Å².